The predicted molar refractivity (Wildman–Crippen MR) is 88.4 cm³/mol. The summed E-state index contributed by atoms with van der Waals surface area (Å²) < 4.78 is 5.07. The monoisotopic (exact) mass is 305 g/mol. The summed E-state index contributed by atoms with van der Waals surface area (Å²) in [6.07, 6.45) is 3.42. The van der Waals surface area contributed by atoms with Crippen molar-refractivity contribution >= 4 is 11.7 Å². The Morgan fingerprint density at radius 3 is 2.43 bits per heavy atom. The van der Waals surface area contributed by atoms with E-state index in [9.17, 15) is 4.79 Å². The number of anilines is 1. The number of rotatable bonds is 4. The summed E-state index contributed by atoms with van der Waals surface area (Å²) in [5, 5.41) is 2.76. The zero-order valence-corrected chi connectivity index (χ0v) is 12.6. The van der Waals surface area contributed by atoms with Crippen molar-refractivity contribution in [3.8, 4) is 17.0 Å². The minimum Gasteiger partial charge on any atom is -0.497 e. The summed E-state index contributed by atoms with van der Waals surface area (Å²) in [5.41, 5.74) is 2.28. The molecule has 0 saturated heterocycles. The number of pyridine rings is 2. The van der Waals surface area contributed by atoms with Crippen molar-refractivity contribution in [2.45, 2.75) is 0 Å². The molecule has 5 heteroatoms. The summed E-state index contributed by atoms with van der Waals surface area (Å²) in [5.74, 6) is 0.982. The Bertz CT molecular complexity index is 785. The zero-order chi connectivity index (χ0) is 16.1. The van der Waals surface area contributed by atoms with E-state index in [1.807, 2.05) is 24.3 Å². The van der Waals surface area contributed by atoms with E-state index in [1.165, 1.54) is 0 Å². The number of hydrogen-bond donors (Lipinski definition) is 1. The van der Waals surface area contributed by atoms with E-state index in [-0.39, 0.29) is 5.91 Å². The van der Waals surface area contributed by atoms with Gasteiger partial charge in [-0.15, -0.1) is 0 Å². The Morgan fingerprint density at radius 1 is 1.00 bits per heavy atom. The molecule has 0 aliphatic heterocycles. The molecule has 1 N–H and O–H groups in total. The van der Waals surface area contributed by atoms with Crippen LogP contribution in [0, 0.1) is 0 Å². The minimum atomic E-state index is -0.217. The predicted octanol–water partition coefficient (Wildman–Crippen LogP) is 3.40. The second-order valence-electron chi connectivity index (χ2n) is 4.83. The lowest BCUT2D eigenvalue weighted by Crippen LogP contribution is -2.12. The van der Waals surface area contributed by atoms with Gasteiger partial charge < -0.3 is 10.1 Å². The highest BCUT2D eigenvalue weighted by atomic mass is 16.5. The van der Waals surface area contributed by atoms with E-state index in [0.717, 1.165) is 11.3 Å². The summed E-state index contributed by atoms with van der Waals surface area (Å²) in [4.78, 5) is 20.7. The summed E-state index contributed by atoms with van der Waals surface area (Å²) in [6, 6.07) is 16.2. The highest BCUT2D eigenvalue weighted by Gasteiger charge is 2.07. The van der Waals surface area contributed by atoms with E-state index in [2.05, 4.69) is 15.3 Å². The molecular weight excluding hydrogens is 290 g/mol. The normalized spacial score (nSPS) is 10.1. The van der Waals surface area contributed by atoms with Crippen LogP contribution < -0.4 is 10.1 Å². The molecule has 3 rings (SSSR count). The molecule has 0 bridgehead atoms. The van der Waals surface area contributed by atoms with Crippen LogP contribution in [0.4, 0.5) is 5.82 Å². The fourth-order valence-electron chi connectivity index (χ4n) is 2.08. The number of amides is 1. The van der Waals surface area contributed by atoms with E-state index >= 15 is 0 Å². The van der Waals surface area contributed by atoms with Crippen molar-refractivity contribution < 1.29 is 9.53 Å². The van der Waals surface area contributed by atoms with Crippen molar-refractivity contribution in [3.63, 3.8) is 0 Å². The molecule has 3 aromatic rings. The lowest BCUT2D eigenvalue weighted by atomic mass is 10.2. The lowest BCUT2D eigenvalue weighted by Gasteiger charge is -2.06. The average Bonchev–Trinajstić information content (AvgIpc) is 2.63. The van der Waals surface area contributed by atoms with Gasteiger partial charge in [0.1, 0.15) is 11.6 Å². The first-order chi connectivity index (χ1) is 11.3. The minimum absolute atomic E-state index is 0.217. The van der Waals surface area contributed by atoms with Crippen LogP contribution in [0.5, 0.6) is 5.75 Å². The molecular formula is C18H15N3O2. The van der Waals surface area contributed by atoms with Crippen LogP contribution in [0.1, 0.15) is 10.4 Å². The topological polar surface area (TPSA) is 64.1 Å². The largest absolute Gasteiger partial charge is 0.497 e. The number of ether oxygens (including phenoxy) is 1. The van der Waals surface area contributed by atoms with Gasteiger partial charge in [0, 0.05) is 23.5 Å². The number of benzene rings is 1. The number of hydrogen-bond acceptors (Lipinski definition) is 4. The molecule has 2 aromatic heterocycles. The van der Waals surface area contributed by atoms with Crippen LogP contribution in [0.25, 0.3) is 11.3 Å². The molecule has 0 atom stereocenters. The Morgan fingerprint density at radius 2 is 1.83 bits per heavy atom. The number of aromatic nitrogens is 2. The highest BCUT2D eigenvalue weighted by Crippen LogP contribution is 2.17. The molecule has 0 radical (unpaired) electrons. The third-order valence-corrected chi connectivity index (χ3v) is 3.32. The smallest absolute Gasteiger partial charge is 0.256 e. The fourth-order valence-corrected chi connectivity index (χ4v) is 2.08. The maximum Gasteiger partial charge on any atom is 0.256 e. The number of nitrogens with one attached hydrogen (secondary N) is 1. The van der Waals surface area contributed by atoms with Crippen molar-refractivity contribution in [1.29, 1.82) is 0 Å². The number of nitrogens with zero attached hydrogens (tertiary/aromatic N) is 2. The zero-order valence-electron chi connectivity index (χ0n) is 12.6. The first-order valence-corrected chi connectivity index (χ1v) is 7.09. The molecule has 0 saturated carbocycles. The Hall–Kier alpha value is -3.21. The van der Waals surface area contributed by atoms with Crippen molar-refractivity contribution in [1.82, 2.24) is 9.97 Å². The van der Waals surface area contributed by atoms with Gasteiger partial charge in [0.05, 0.1) is 12.8 Å². The number of carbonyl (C=O) groups is 1. The molecule has 2 heterocycles. The third-order valence-electron chi connectivity index (χ3n) is 3.32. The van der Waals surface area contributed by atoms with Crippen LogP contribution in [0.15, 0.2) is 67.0 Å². The lowest BCUT2D eigenvalue weighted by molar-refractivity contribution is 0.102. The Kier molecular flexibility index (Phi) is 4.29. The molecule has 23 heavy (non-hydrogen) atoms. The number of carbonyl (C=O) groups excluding carboxylic acids is 1. The molecule has 0 spiro atoms. The Balaban J connectivity index is 1.71. The van der Waals surface area contributed by atoms with Crippen LogP contribution in [0.3, 0.4) is 0 Å². The van der Waals surface area contributed by atoms with Crippen LogP contribution in [-0.2, 0) is 0 Å². The molecule has 114 valence electrons. The maximum absolute atomic E-state index is 12.2. The van der Waals surface area contributed by atoms with Crippen molar-refractivity contribution in [2.75, 3.05) is 12.4 Å². The van der Waals surface area contributed by atoms with Gasteiger partial charge in [-0.25, -0.2) is 4.98 Å². The molecule has 1 aromatic carbocycles. The van der Waals surface area contributed by atoms with Gasteiger partial charge in [-0.3, -0.25) is 9.78 Å². The van der Waals surface area contributed by atoms with E-state index in [4.69, 9.17) is 4.74 Å². The van der Waals surface area contributed by atoms with E-state index in [0.29, 0.717) is 17.1 Å². The molecule has 5 nitrogen and oxygen atoms in total. The van der Waals surface area contributed by atoms with Gasteiger partial charge in [0.2, 0.25) is 0 Å². The second kappa shape index (κ2) is 6.70. The second-order valence-corrected chi connectivity index (χ2v) is 4.83. The molecule has 0 aliphatic carbocycles. The molecule has 0 aliphatic rings. The van der Waals surface area contributed by atoms with Crippen molar-refractivity contribution in [3.05, 3.63) is 72.6 Å². The number of methoxy groups -OCH3 is 1. The van der Waals surface area contributed by atoms with Gasteiger partial charge in [-0.05, 0) is 48.5 Å². The molecule has 1 amide bonds. The maximum atomic E-state index is 12.2. The first kappa shape index (κ1) is 14.7. The fraction of sp³-hybridized carbons (Fsp3) is 0.0556. The van der Waals surface area contributed by atoms with Gasteiger partial charge >= 0.3 is 0 Å². The van der Waals surface area contributed by atoms with Crippen LogP contribution >= 0.6 is 0 Å². The molecule has 0 unspecified atom stereocenters. The third kappa shape index (κ3) is 3.52. The van der Waals surface area contributed by atoms with Gasteiger partial charge in [-0.1, -0.05) is 6.07 Å². The van der Waals surface area contributed by atoms with Crippen LogP contribution in [-0.4, -0.2) is 23.0 Å². The quantitative estimate of drug-likeness (QED) is 0.802. The average molecular weight is 305 g/mol. The summed E-state index contributed by atoms with van der Waals surface area (Å²) >= 11 is 0. The SMILES string of the molecule is COc1ccc(C(=O)Nc2ccc(-c3ccccn3)cn2)cc1. The van der Waals surface area contributed by atoms with E-state index in [1.54, 1.807) is 49.8 Å². The molecule has 0 fully saturated rings. The summed E-state index contributed by atoms with van der Waals surface area (Å²) in [6.45, 7) is 0. The van der Waals surface area contributed by atoms with Gasteiger partial charge in [0.25, 0.3) is 5.91 Å². The van der Waals surface area contributed by atoms with Crippen LogP contribution in [0.2, 0.25) is 0 Å². The van der Waals surface area contributed by atoms with Gasteiger partial charge in [0.15, 0.2) is 0 Å². The first-order valence-electron chi connectivity index (χ1n) is 7.09. The highest BCUT2D eigenvalue weighted by molar-refractivity contribution is 6.03. The van der Waals surface area contributed by atoms with Gasteiger partial charge in [-0.2, -0.15) is 0 Å². The summed E-state index contributed by atoms with van der Waals surface area (Å²) in [7, 11) is 1.59. The Labute approximate surface area is 134 Å². The standard InChI is InChI=1S/C18H15N3O2/c1-23-15-8-5-13(6-9-15)18(22)21-17-10-7-14(12-20-17)16-4-2-3-11-19-16/h2-12H,1H3,(H,20,21,22). The van der Waals surface area contributed by atoms with Crippen molar-refractivity contribution in [2.24, 2.45) is 0 Å². The van der Waals surface area contributed by atoms with E-state index < -0.39 is 0 Å².